The van der Waals surface area contributed by atoms with Gasteiger partial charge in [-0.1, -0.05) is 54.6 Å². The number of hydrogen-bond acceptors (Lipinski definition) is 24. The van der Waals surface area contributed by atoms with Crippen molar-refractivity contribution in [2.45, 2.75) is 121 Å². The van der Waals surface area contributed by atoms with Crippen molar-refractivity contribution in [1.82, 2.24) is 74.7 Å². The summed E-state index contributed by atoms with van der Waals surface area (Å²) in [5.41, 5.74) is 22.5. The van der Waals surface area contributed by atoms with Crippen LogP contribution in [0.3, 0.4) is 0 Å². The maximum atomic E-state index is 13.3. The summed E-state index contributed by atoms with van der Waals surface area (Å²) in [4.78, 5) is 159. The van der Waals surface area contributed by atoms with Crippen LogP contribution in [0.15, 0.2) is 179 Å². The van der Waals surface area contributed by atoms with Crippen molar-refractivity contribution >= 4 is 103 Å². The lowest BCUT2D eigenvalue weighted by Crippen LogP contribution is -2.36. The van der Waals surface area contributed by atoms with E-state index in [0.717, 1.165) is 170 Å². The number of anilines is 6. The molecule has 126 heavy (non-hydrogen) atoms. The smallest absolute Gasteiger partial charge is 0.317 e. The minimum atomic E-state index is -0.791. The lowest BCUT2D eigenvalue weighted by atomic mass is 9.89. The monoisotopic (exact) mass is 1700 g/mol. The molecular weight excluding hydrogens is 1610 g/mol. The number of aryl methyl sites for hydroxylation is 6. The quantitative estimate of drug-likeness (QED) is 0.0246. The molecule has 18 rings (SSSR count). The van der Waals surface area contributed by atoms with Gasteiger partial charge in [0, 0.05) is 110 Å². The highest BCUT2D eigenvalue weighted by molar-refractivity contribution is 5.99. The normalized spacial score (nSPS) is 15.3. The number of carboxylic acid groups (broad SMARTS) is 2. The first kappa shape index (κ1) is 85.9. The molecule has 32 heteroatoms. The van der Waals surface area contributed by atoms with Crippen molar-refractivity contribution in [3.8, 4) is 17.1 Å². The molecule has 0 radical (unpaired) electrons. The summed E-state index contributed by atoms with van der Waals surface area (Å²) in [6.45, 7) is 6.61. The van der Waals surface area contributed by atoms with Crippen molar-refractivity contribution < 1.29 is 53.5 Å². The zero-order valence-electron chi connectivity index (χ0n) is 70.3. The van der Waals surface area contributed by atoms with Gasteiger partial charge in [-0.2, -0.15) is 15.0 Å². The Morgan fingerprint density at radius 1 is 0.397 bits per heavy atom. The van der Waals surface area contributed by atoms with Crippen LogP contribution in [0.4, 0.5) is 34.9 Å². The molecule has 12 aromatic rings. The lowest BCUT2D eigenvalue weighted by molar-refractivity contribution is -0.139. The molecular formula is C94H98N18O14. The number of carboxylic acids is 2. The fraction of sp³-hybridized carbons (Fsp3) is 0.330. The van der Waals surface area contributed by atoms with Gasteiger partial charge in [-0.25, -0.2) is 31.4 Å². The number of carbonyl (C=O) groups is 6. The molecule has 6 aromatic carbocycles. The lowest BCUT2D eigenvalue weighted by Gasteiger charge is -2.31. The number of likely N-dealkylation sites (tertiary alicyclic amines) is 3. The Morgan fingerprint density at radius 3 is 1.09 bits per heavy atom. The number of hydroxylamine groups is 3. The van der Waals surface area contributed by atoms with Crippen molar-refractivity contribution in [1.29, 1.82) is 0 Å². The average molecular weight is 1700 g/mol. The van der Waals surface area contributed by atoms with Crippen LogP contribution in [0.1, 0.15) is 157 Å². The fourth-order valence-corrected chi connectivity index (χ4v) is 17.6. The van der Waals surface area contributed by atoms with Crippen molar-refractivity contribution in [3.05, 3.63) is 262 Å². The number of ketones is 1. The Kier molecular flexibility index (Phi) is 26.6. The Balaban J connectivity index is 0.000000139. The zero-order chi connectivity index (χ0) is 87.5. The van der Waals surface area contributed by atoms with E-state index in [-0.39, 0.29) is 45.8 Å². The van der Waals surface area contributed by atoms with Gasteiger partial charge in [0.15, 0.2) is 16.9 Å². The second-order valence-corrected chi connectivity index (χ2v) is 32.5. The molecule has 0 bridgehead atoms. The van der Waals surface area contributed by atoms with Crippen molar-refractivity contribution in [2.75, 3.05) is 96.2 Å². The molecule has 3 fully saturated rings. The summed E-state index contributed by atoms with van der Waals surface area (Å²) in [6.07, 6.45) is 24.5. The third-order valence-electron chi connectivity index (χ3n) is 24.4. The zero-order valence-corrected chi connectivity index (χ0v) is 70.3. The number of Topliss-reactive ketones (excluding diaryl/α,β-unsaturated/α-hetero) is 1. The number of benzene rings is 6. The first-order valence-corrected chi connectivity index (χ1v) is 42.6. The number of piperidine rings is 3. The minimum Gasteiger partial charge on any atom is -0.481 e. The van der Waals surface area contributed by atoms with E-state index >= 15 is 0 Å². The van der Waals surface area contributed by atoms with E-state index < -0.39 is 45.9 Å². The molecule has 6 aliphatic rings. The predicted octanol–water partition coefficient (Wildman–Crippen LogP) is 11.0. The number of rotatable bonds is 25. The molecule has 648 valence electrons. The SMILES string of the molecule is CONC(=O)c1cn(-c2ccc3c(c2)CCC3)c2nc(Nc3ccc(C4CCN(CC(=O)O)CC4)cc3)ncc2c1=O.CONC(=O)c1cn(-c2ccc3c(c2)CCC3)c2nc(Nc3ccc(C4CCN(CCC(=O)O)CC4)cc3)ncc2c1=O.CONC(=O)c1cn(-c2ccc3c(c2)CCC3)c2nc(Nc3ccc(CCN4CCC(=O)CC4)cc3)ncc2c1=O. The molecule has 9 heterocycles. The topological polar surface area (TPSA) is 396 Å². The van der Waals surface area contributed by atoms with E-state index in [9.17, 15) is 43.2 Å². The van der Waals surface area contributed by atoms with E-state index in [4.69, 9.17) is 39.7 Å². The van der Waals surface area contributed by atoms with Crippen LogP contribution in [0, 0.1) is 0 Å². The van der Waals surface area contributed by atoms with E-state index in [1.54, 1.807) is 13.7 Å². The maximum absolute atomic E-state index is 13.3. The van der Waals surface area contributed by atoms with Gasteiger partial charge in [0.2, 0.25) is 34.1 Å². The molecule has 0 spiro atoms. The highest BCUT2D eigenvalue weighted by Crippen LogP contribution is 2.35. The van der Waals surface area contributed by atoms with Gasteiger partial charge < -0.3 is 49.7 Å². The molecule has 3 amide bonds. The van der Waals surface area contributed by atoms with Crippen LogP contribution in [-0.4, -0.2) is 184 Å². The number of nitrogens with zero attached hydrogens (tertiary/aromatic N) is 12. The molecule has 32 nitrogen and oxygen atoms in total. The van der Waals surface area contributed by atoms with Gasteiger partial charge in [-0.3, -0.25) is 62.6 Å². The largest absolute Gasteiger partial charge is 0.481 e. The van der Waals surface area contributed by atoms with Crippen LogP contribution in [0.5, 0.6) is 0 Å². The number of fused-ring (bicyclic) bond motifs is 6. The molecule has 3 aliphatic carbocycles. The third-order valence-corrected chi connectivity index (χ3v) is 24.4. The number of nitrogens with one attached hydrogen (secondary N) is 6. The van der Waals surface area contributed by atoms with Crippen molar-refractivity contribution in [3.63, 3.8) is 0 Å². The molecule has 3 aliphatic heterocycles. The predicted molar refractivity (Wildman–Crippen MR) is 475 cm³/mol. The van der Waals surface area contributed by atoms with Crippen LogP contribution in [0.2, 0.25) is 0 Å². The Bertz CT molecular complexity index is 6310. The minimum absolute atomic E-state index is 0.0594. The molecule has 0 unspecified atom stereocenters. The summed E-state index contributed by atoms with van der Waals surface area (Å²) < 4.78 is 5.29. The molecule has 0 saturated carbocycles. The molecule has 8 N–H and O–H groups in total. The average Bonchev–Trinajstić information content (AvgIpc) is 1.04. The number of amides is 3. The van der Waals surface area contributed by atoms with Crippen LogP contribution in [0.25, 0.3) is 50.2 Å². The number of aromatic nitrogens is 9. The first-order chi connectivity index (χ1) is 61.3. The van der Waals surface area contributed by atoms with Gasteiger partial charge in [0.1, 0.15) is 22.5 Å². The summed E-state index contributed by atoms with van der Waals surface area (Å²) >= 11 is 0. The number of aliphatic carboxylic acids is 2. The third kappa shape index (κ3) is 19.9. The van der Waals surface area contributed by atoms with Gasteiger partial charge in [0.25, 0.3) is 17.7 Å². The Hall–Kier alpha value is -13.6. The van der Waals surface area contributed by atoms with Crippen LogP contribution >= 0.6 is 0 Å². The van der Waals surface area contributed by atoms with Crippen LogP contribution in [-0.2, 0) is 73.8 Å². The number of hydrogen-bond donors (Lipinski definition) is 8. The molecule has 3 saturated heterocycles. The maximum Gasteiger partial charge on any atom is 0.317 e. The highest BCUT2D eigenvalue weighted by Gasteiger charge is 2.28. The summed E-state index contributed by atoms with van der Waals surface area (Å²) in [5.74, 6) is -1.31. The van der Waals surface area contributed by atoms with E-state index in [1.165, 1.54) is 109 Å². The molecule has 0 atom stereocenters. The second-order valence-electron chi connectivity index (χ2n) is 32.5. The summed E-state index contributed by atoms with van der Waals surface area (Å²) in [5, 5.41) is 28.4. The number of carbonyl (C=O) groups excluding carboxylic acids is 4. The van der Waals surface area contributed by atoms with Gasteiger partial charge in [-0.05, 0) is 251 Å². The first-order valence-electron chi connectivity index (χ1n) is 42.6. The molecule has 6 aromatic heterocycles. The van der Waals surface area contributed by atoms with E-state index in [0.29, 0.717) is 71.8 Å². The van der Waals surface area contributed by atoms with Gasteiger partial charge in [-0.15, -0.1) is 0 Å². The summed E-state index contributed by atoms with van der Waals surface area (Å²) in [6, 6.07) is 42.9. The number of pyridine rings is 3. The van der Waals surface area contributed by atoms with Gasteiger partial charge >= 0.3 is 11.9 Å². The van der Waals surface area contributed by atoms with E-state index in [2.05, 4.69) is 130 Å². The van der Waals surface area contributed by atoms with Crippen LogP contribution < -0.4 is 48.7 Å². The van der Waals surface area contributed by atoms with Gasteiger partial charge in [0.05, 0.1) is 50.5 Å². The summed E-state index contributed by atoms with van der Waals surface area (Å²) in [7, 11) is 3.96. The Morgan fingerprint density at radius 2 is 0.738 bits per heavy atom. The van der Waals surface area contributed by atoms with Crippen molar-refractivity contribution in [2.24, 2.45) is 0 Å². The van der Waals surface area contributed by atoms with E-state index in [1.807, 2.05) is 59.5 Å². The Labute approximate surface area is 724 Å². The standard InChI is InChI=1S/C32H34N6O5.C31H32N6O5.C31H32N6O4/c1-43-36-31(42)27-19-38(25-10-7-20-3-2-4-23(20)17-25)30-26(29(27)41)18-33-32(35-30)34-24-8-5-21(6-9-24)22-11-14-37(15-12-22)16-13-28(39)40;1-42-35-30(41)26-17-37(24-10-7-19-3-2-4-22(19)15-24)29-25(28(26)40)16-32-31(34-29)33-23-8-5-20(6-9-23)21-11-13-36(14-12-21)18-27(38)39;1-41-35-30(40)27-19-37(24-10-7-21-3-2-4-22(21)17-24)29-26(28(27)39)18-32-31(34-29)33-23-8-5-20(6-9-23)11-14-36-15-12-25(38)13-16-36/h5-10,17-19,22H,2-4,11-16H2,1H3,(H,36,42)(H,39,40)(H,33,34,35);5-10,15-17,21H,2-4,11-14,18H2,1H3,(H,35,41)(H,38,39)(H,32,33,34);5-10,17-19H,2-4,11-16H2,1H3,(H,35,40)(H,32,33,34). The fourth-order valence-electron chi connectivity index (χ4n) is 17.6. The highest BCUT2D eigenvalue weighted by atomic mass is 16.6. The second kappa shape index (κ2) is 39.1.